The van der Waals surface area contributed by atoms with Crippen LogP contribution in [0.3, 0.4) is 0 Å². The summed E-state index contributed by atoms with van der Waals surface area (Å²) in [4.78, 5) is 6.61. The van der Waals surface area contributed by atoms with Crippen LogP contribution in [0.15, 0.2) is 30.9 Å². The van der Waals surface area contributed by atoms with Crippen molar-refractivity contribution >= 4 is 0 Å². The Labute approximate surface area is 143 Å². The molecule has 2 aromatic rings. The van der Waals surface area contributed by atoms with Crippen LogP contribution in [-0.2, 0) is 6.54 Å². The van der Waals surface area contributed by atoms with E-state index in [1.807, 2.05) is 24.7 Å². The highest BCUT2D eigenvalue weighted by molar-refractivity contribution is 5.53. The van der Waals surface area contributed by atoms with E-state index in [-0.39, 0.29) is 0 Å². The Morgan fingerprint density at radius 2 is 1.71 bits per heavy atom. The number of likely N-dealkylation sites (tertiary alicyclic amines) is 1. The second kappa shape index (κ2) is 7.57. The molecule has 1 aliphatic heterocycles. The normalized spacial score (nSPS) is 16.1. The molecule has 3 rings (SSSR count). The van der Waals surface area contributed by atoms with Crippen LogP contribution < -0.4 is 14.2 Å². The molecule has 1 fully saturated rings. The summed E-state index contributed by atoms with van der Waals surface area (Å²) in [6.07, 6.45) is 8.10. The van der Waals surface area contributed by atoms with Gasteiger partial charge in [0.2, 0.25) is 5.75 Å². The number of ether oxygens (including phenoxy) is 3. The Morgan fingerprint density at radius 3 is 2.21 bits per heavy atom. The molecular weight excluding hydrogens is 306 g/mol. The molecule has 0 N–H and O–H groups in total. The van der Waals surface area contributed by atoms with Gasteiger partial charge in [-0.05, 0) is 30.5 Å². The maximum Gasteiger partial charge on any atom is 0.203 e. The van der Waals surface area contributed by atoms with Crippen molar-refractivity contribution < 1.29 is 14.2 Å². The van der Waals surface area contributed by atoms with Gasteiger partial charge in [0, 0.05) is 38.1 Å². The van der Waals surface area contributed by atoms with E-state index in [0.717, 1.165) is 32.5 Å². The number of rotatable bonds is 6. The number of nitrogens with zero attached hydrogens (tertiary/aromatic N) is 3. The Balaban J connectivity index is 1.66. The molecule has 0 aliphatic carbocycles. The minimum absolute atomic E-state index is 0.559. The van der Waals surface area contributed by atoms with E-state index in [2.05, 4.69) is 20.6 Å². The molecule has 0 amide bonds. The van der Waals surface area contributed by atoms with Gasteiger partial charge in [-0.1, -0.05) is 0 Å². The van der Waals surface area contributed by atoms with Gasteiger partial charge in [-0.15, -0.1) is 0 Å². The van der Waals surface area contributed by atoms with Crippen molar-refractivity contribution in [2.24, 2.45) is 0 Å². The third kappa shape index (κ3) is 3.48. The Hall–Kier alpha value is -2.21. The van der Waals surface area contributed by atoms with E-state index in [0.29, 0.717) is 23.3 Å². The minimum atomic E-state index is 0.559. The Morgan fingerprint density at radius 1 is 1.04 bits per heavy atom. The first-order chi connectivity index (χ1) is 11.7. The smallest absolute Gasteiger partial charge is 0.203 e. The van der Waals surface area contributed by atoms with E-state index in [1.54, 1.807) is 21.3 Å². The van der Waals surface area contributed by atoms with Crippen molar-refractivity contribution in [2.45, 2.75) is 25.4 Å². The summed E-state index contributed by atoms with van der Waals surface area (Å²) in [5, 5.41) is 0. The van der Waals surface area contributed by atoms with Gasteiger partial charge >= 0.3 is 0 Å². The van der Waals surface area contributed by atoms with E-state index in [1.165, 1.54) is 5.56 Å². The summed E-state index contributed by atoms with van der Waals surface area (Å²) in [7, 11) is 4.93. The highest BCUT2D eigenvalue weighted by atomic mass is 16.5. The van der Waals surface area contributed by atoms with E-state index < -0.39 is 0 Å². The fraction of sp³-hybridized carbons (Fsp3) is 0.500. The average molecular weight is 331 g/mol. The largest absolute Gasteiger partial charge is 0.493 e. The van der Waals surface area contributed by atoms with Crippen molar-refractivity contribution in [3.05, 3.63) is 36.4 Å². The molecule has 1 saturated heterocycles. The van der Waals surface area contributed by atoms with Gasteiger partial charge in [-0.2, -0.15) is 0 Å². The van der Waals surface area contributed by atoms with Crippen molar-refractivity contribution in [1.82, 2.24) is 14.5 Å². The summed E-state index contributed by atoms with van der Waals surface area (Å²) >= 11 is 0. The van der Waals surface area contributed by atoms with E-state index in [4.69, 9.17) is 14.2 Å². The molecule has 0 unspecified atom stereocenters. The van der Waals surface area contributed by atoms with Crippen LogP contribution in [-0.4, -0.2) is 48.9 Å². The second-order valence-corrected chi connectivity index (χ2v) is 6.05. The summed E-state index contributed by atoms with van der Waals surface area (Å²) < 4.78 is 18.5. The fourth-order valence-electron chi connectivity index (χ4n) is 3.35. The SMILES string of the molecule is COc1cc(CN2CCC(n3ccnc3)CC2)cc(OC)c1OC. The summed E-state index contributed by atoms with van der Waals surface area (Å²) in [5.74, 6) is 2.06. The average Bonchev–Trinajstić information content (AvgIpc) is 3.16. The first kappa shape index (κ1) is 16.6. The summed E-state index contributed by atoms with van der Waals surface area (Å²) in [6, 6.07) is 4.62. The number of methoxy groups -OCH3 is 3. The Bertz CT molecular complexity index is 625. The standard InChI is InChI=1S/C18H25N3O3/c1-22-16-10-14(11-17(23-2)18(16)24-3)12-20-7-4-15(5-8-20)21-9-6-19-13-21/h6,9-11,13,15H,4-5,7-8,12H2,1-3H3. The molecule has 24 heavy (non-hydrogen) atoms. The quantitative estimate of drug-likeness (QED) is 0.814. The van der Waals surface area contributed by atoms with Gasteiger partial charge in [0.25, 0.3) is 0 Å². The molecule has 1 aromatic heterocycles. The lowest BCUT2D eigenvalue weighted by molar-refractivity contribution is 0.179. The predicted octanol–water partition coefficient (Wildman–Crippen LogP) is 2.75. The van der Waals surface area contributed by atoms with Gasteiger partial charge in [-0.3, -0.25) is 4.90 Å². The third-order valence-corrected chi connectivity index (χ3v) is 4.63. The summed E-state index contributed by atoms with van der Waals surface area (Å²) in [6.45, 7) is 3.02. The zero-order valence-corrected chi connectivity index (χ0v) is 14.6. The number of hydrogen-bond acceptors (Lipinski definition) is 5. The van der Waals surface area contributed by atoms with Gasteiger partial charge < -0.3 is 18.8 Å². The molecule has 6 nitrogen and oxygen atoms in total. The lowest BCUT2D eigenvalue weighted by atomic mass is 10.0. The van der Waals surface area contributed by atoms with Gasteiger partial charge in [0.05, 0.1) is 27.7 Å². The lowest BCUT2D eigenvalue weighted by Crippen LogP contribution is -2.34. The molecule has 0 bridgehead atoms. The van der Waals surface area contributed by atoms with Gasteiger partial charge in [0.1, 0.15) is 0 Å². The zero-order chi connectivity index (χ0) is 16.9. The molecule has 0 radical (unpaired) electrons. The van der Waals surface area contributed by atoms with Crippen molar-refractivity contribution in [3.8, 4) is 17.2 Å². The molecule has 0 spiro atoms. The molecule has 1 aromatic carbocycles. The lowest BCUT2D eigenvalue weighted by Gasteiger charge is -2.32. The number of piperidine rings is 1. The molecule has 2 heterocycles. The highest BCUT2D eigenvalue weighted by Crippen LogP contribution is 2.38. The molecule has 130 valence electrons. The molecular formula is C18H25N3O3. The number of hydrogen-bond donors (Lipinski definition) is 0. The third-order valence-electron chi connectivity index (χ3n) is 4.63. The summed E-state index contributed by atoms with van der Waals surface area (Å²) in [5.41, 5.74) is 1.17. The number of imidazole rings is 1. The highest BCUT2D eigenvalue weighted by Gasteiger charge is 2.21. The first-order valence-electron chi connectivity index (χ1n) is 8.23. The maximum atomic E-state index is 5.44. The minimum Gasteiger partial charge on any atom is -0.493 e. The number of benzene rings is 1. The molecule has 0 atom stereocenters. The van der Waals surface area contributed by atoms with Crippen LogP contribution in [0.5, 0.6) is 17.2 Å². The fourth-order valence-corrected chi connectivity index (χ4v) is 3.35. The van der Waals surface area contributed by atoms with Crippen LogP contribution in [0.25, 0.3) is 0 Å². The molecule has 6 heteroatoms. The Kier molecular flexibility index (Phi) is 5.25. The van der Waals surface area contributed by atoms with Crippen molar-refractivity contribution in [3.63, 3.8) is 0 Å². The monoisotopic (exact) mass is 331 g/mol. The van der Waals surface area contributed by atoms with Crippen molar-refractivity contribution in [1.29, 1.82) is 0 Å². The predicted molar refractivity (Wildman–Crippen MR) is 91.9 cm³/mol. The second-order valence-electron chi connectivity index (χ2n) is 6.05. The zero-order valence-electron chi connectivity index (χ0n) is 14.6. The van der Waals surface area contributed by atoms with E-state index >= 15 is 0 Å². The van der Waals surface area contributed by atoms with Gasteiger partial charge in [-0.25, -0.2) is 4.98 Å². The van der Waals surface area contributed by atoms with Crippen molar-refractivity contribution in [2.75, 3.05) is 34.4 Å². The number of aromatic nitrogens is 2. The molecule has 0 saturated carbocycles. The maximum absolute atomic E-state index is 5.44. The van der Waals surface area contributed by atoms with Crippen LogP contribution in [0, 0.1) is 0 Å². The van der Waals surface area contributed by atoms with Crippen LogP contribution in [0.2, 0.25) is 0 Å². The molecule has 1 aliphatic rings. The van der Waals surface area contributed by atoms with Crippen LogP contribution in [0.4, 0.5) is 0 Å². The van der Waals surface area contributed by atoms with Gasteiger partial charge in [0.15, 0.2) is 11.5 Å². The topological polar surface area (TPSA) is 48.8 Å². The first-order valence-corrected chi connectivity index (χ1v) is 8.23. The van der Waals surface area contributed by atoms with Crippen LogP contribution in [0.1, 0.15) is 24.4 Å². The van der Waals surface area contributed by atoms with E-state index in [9.17, 15) is 0 Å². The van der Waals surface area contributed by atoms with Crippen LogP contribution >= 0.6 is 0 Å².